The maximum Gasteiger partial charge on any atom is 0.573 e. The Morgan fingerprint density at radius 3 is 2.41 bits per heavy atom. The van der Waals surface area contributed by atoms with Crippen LogP contribution in [0.4, 0.5) is 22.0 Å². The Kier molecular flexibility index (Phi) is 4.93. The summed E-state index contributed by atoms with van der Waals surface area (Å²) in [4.78, 5) is 3.41. The van der Waals surface area contributed by atoms with E-state index in [4.69, 9.17) is 0 Å². The quantitative estimate of drug-likeness (QED) is 0.306. The van der Waals surface area contributed by atoms with Gasteiger partial charge < -0.3 is 4.74 Å². The van der Waals surface area contributed by atoms with E-state index < -0.39 is 24.2 Å². The molecule has 0 aromatic carbocycles. The van der Waals surface area contributed by atoms with Crippen LogP contribution in [0.5, 0.6) is 5.75 Å². The monoisotopic (exact) mass is 431 g/mol. The Balaban J connectivity index is 3.24. The molecule has 1 aromatic heterocycles. The fourth-order valence-electron chi connectivity index (χ4n) is 0.981. The average molecular weight is 432 g/mol. The van der Waals surface area contributed by atoms with Crippen LogP contribution in [0.25, 0.3) is 0 Å². The fourth-order valence-corrected chi connectivity index (χ4v) is 2.54. The number of halogens is 7. The number of hydrogen-bond acceptors (Lipinski definition) is 2. The lowest BCUT2D eigenvalue weighted by Crippen LogP contribution is -2.19. The summed E-state index contributed by atoms with van der Waals surface area (Å²) in [5, 5.41) is 0.190. The molecular formula is C8H4BrF5INO. The predicted octanol–water partition coefficient (Wildman–Crippen LogP) is 4.42. The van der Waals surface area contributed by atoms with Gasteiger partial charge in [-0.2, -0.15) is 0 Å². The first-order chi connectivity index (χ1) is 7.74. The molecule has 0 bridgehead atoms. The van der Waals surface area contributed by atoms with Gasteiger partial charge in [-0.3, -0.25) is 0 Å². The maximum absolute atomic E-state index is 12.5. The van der Waals surface area contributed by atoms with E-state index >= 15 is 0 Å². The molecule has 0 radical (unpaired) electrons. The van der Waals surface area contributed by atoms with Crippen LogP contribution in [0, 0.1) is 3.70 Å². The first kappa shape index (κ1) is 14.9. The highest BCUT2D eigenvalue weighted by Crippen LogP contribution is 2.34. The highest BCUT2D eigenvalue weighted by molar-refractivity contribution is 14.1. The minimum atomic E-state index is -5.03. The van der Waals surface area contributed by atoms with Crippen molar-refractivity contribution in [1.82, 2.24) is 4.98 Å². The second kappa shape index (κ2) is 5.63. The zero-order valence-corrected chi connectivity index (χ0v) is 11.6. The molecule has 0 spiro atoms. The Labute approximate surface area is 115 Å². The Morgan fingerprint density at radius 2 is 2.00 bits per heavy atom. The minimum absolute atomic E-state index is 0.190. The van der Waals surface area contributed by atoms with Crippen molar-refractivity contribution in [3.05, 3.63) is 21.0 Å². The highest BCUT2D eigenvalue weighted by atomic mass is 127. The Bertz CT molecular complexity index is 412. The van der Waals surface area contributed by atoms with E-state index in [9.17, 15) is 22.0 Å². The predicted molar refractivity (Wildman–Crippen MR) is 61.2 cm³/mol. The van der Waals surface area contributed by atoms with Gasteiger partial charge in [-0.15, -0.1) is 13.2 Å². The molecule has 0 amide bonds. The van der Waals surface area contributed by atoms with E-state index in [1.54, 1.807) is 22.6 Å². The van der Waals surface area contributed by atoms with Crippen molar-refractivity contribution in [2.45, 2.75) is 18.1 Å². The molecule has 1 heterocycles. The van der Waals surface area contributed by atoms with Crippen LogP contribution in [0.15, 0.2) is 6.07 Å². The molecule has 1 rings (SSSR count). The molecule has 0 saturated carbocycles. The smallest absolute Gasteiger partial charge is 0.404 e. The number of alkyl halides is 6. The SMILES string of the molecule is FC(F)c1nc(I)c(CBr)cc1OC(F)(F)F. The number of hydrogen-bond donors (Lipinski definition) is 0. The van der Waals surface area contributed by atoms with Crippen molar-refractivity contribution in [3.63, 3.8) is 0 Å². The van der Waals surface area contributed by atoms with Gasteiger partial charge in [-0.25, -0.2) is 13.8 Å². The van der Waals surface area contributed by atoms with Crippen LogP contribution in [0.1, 0.15) is 17.7 Å². The molecule has 0 fully saturated rings. The van der Waals surface area contributed by atoms with Crippen LogP contribution >= 0.6 is 38.5 Å². The third kappa shape index (κ3) is 4.19. The van der Waals surface area contributed by atoms with Gasteiger partial charge in [0.05, 0.1) is 0 Å². The van der Waals surface area contributed by atoms with Crippen molar-refractivity contribution >= 4 is 38.5 Å². The lowest BCUT2D eigenvalue weighted by Gasteiger charge is -2.14. The summed E-state index contributed by atoms with van der Waals surface area (Å²) in [5.74, 6) is -0.970. The van der Waals surface area contributed by atoms with Crippen molar-refractivity contribution in [3.8, 4) is 5.75 Å². The molecular weight excluding hydrogens is 428 g/mol. The molecule has 1 aromatic rings. The van der Waals surface area contributed by atoms with E-state index in [-0.39, 0.29) is 9.03 Å². The Morgan fingerprint density at radius 1 is 1.41 bits per heavy atom. The highest BCUT2D eigenvalue weighted by Gasteiger charge is 2.34. The largest absolute Gasteiger partial charge is 0.573 e. The Hall–Kier alpha value is -0.190. The first-order valence-electron chi connectivity index (χ1n) is 4.03. The molecule has 0 unspecified atom stereocenters. The van der Waals surface area contributed by atoms with Gasteiger partial charge in [-0.1, -0.05) is 15.9 Å². The number of ether oxygens (including phenoxy) is 1. The molecule has 0 atom stereocenters. The van der Waals surface area contributed by atoms with Gasteiger partial charge in [0, 0.05) is 5.33 Å². The van der Waals surface area contributed by atoms with Gasteiger partial charge in [-0.05, 0) is 34.2 Å². The second-order valence-electron chi connectivity index (χ2n) is 2.80. The van der Waals surface area contributed by atoms with Crippen molar-refractivity contribution < 1.29 is 26.7 Å². The van der Waals surface area contributed by atoms with Crippen LogP contribution < -0.4 is 4.74 Å². The zero-order valence-electron chi connectivity index (χ0n) is 7.86. The van der Waals surface area contributed by atoms with Gasteiger partial charge in [0.2, 0.25) is 0 Å². The van der Waals surface area contributed by atoms with Gasteiger partial charge in [0.1, 0.15) is 9.39 Å². The third-order valence-corrected chi connectivity index (χ3v) is 3.16. The summed E-state index contributed by atoms with van der Waals surface area (Å²) in [5.41, 5.74) is -0.675. The molecule has 17 heavy (non-hydrogen) atoms. The summed E-state index contributed by atoms with van der Waals surface area (Å²) >= 11 is 4.68. The summed E-state index contributed by atoms with van der Waals surface area (Å²) in [7, 11) is 0. The van der Waals surface area contributed by atoms with Crippen molar-refractivity contribution in [2.24, 2.45) is 0 Å². The van der Waals surface area contributed by atoms with E-state index in [0.29, 0.717) is 5.56 Å². The molecule has 2 nitrogen and oxygen atoms in total. The third-order valence-electron chi connectivity index (χ3n) is 1.62. The van der Waals surface area contributed by atoms with Gasteiger partial charge in [0.15, 0.2) is 5.75 Å². The van der Waals surface area contributed by atoms with Gasteiger partial charge >= 0.3 is 6.36 Å². The van der Waals surface area contributed by atoms with Crippen LogP contribution in [-0.4, -0.2) is 11.3 Å². The van der Waals surface area contributed by atoms with Crippen molar-refractivity contribution in [2.75, 3.05) is 0 Å². The first-order valence-corrected chi connectivity index (χ1v) is 6.23. The zero-order chi connectivity index (χ0) is 13.2. The fraction of sp³-hybridized carbons (Fsp3) is 0.375. The lowest BCUT2D eigenvalue weighted by atomic mass is 10.2. The number of rotatable bonds is 3. The van der Waals surface area contributed by atoms with E-state index in [1.165, 1.54) is 0 Å². The van der Waals surface area contributed by atoms with Crippen molar-refractivity contribution in [1.29, 1.82) is 0 Å². The lowest BCUT2D eigenvalue weighted by molar-refractivity contribution is -0.275. The summed E-state index contributed by atoms with van der Waals surface area (Å²) in [6.07, 6.45) is -8.16. The normalized spacial score (nSPS) is 12.0. The summed E-state index contributed by atoms with van der Waals surface area (Å²) in [6.45, 7) is 0. The molecule has 0 aliphatic heterocycles. The maximum atomic E-state index is 12.5. The average Bonchev–Trinajstić information content (AvgIpc) is 2.17. The number of aromatic nitrogens is 1. The summed E-state index contributed by atoms with van der Waals surface area (Å²) < 4.78 is 64.7. The molecule has 96 valence electrons. The van der Waals surface area contributed by atoms with Crippen LogP contribution in [-0.2, 0) is 5.33 Å². The summed E-state index contributed by atoms with van der Waals surface area (Å²) in [6, 6.07) is 0.901. The standard InChI is InChI=1S/C8H4BrF5INO/c9-2-3-1-4(17-8(12,13)14)5(6(10)11)16-7(3)15/h1,6H,2H2. The molecule has 0 aliphatic carbocycles. The topological polar surface area (TPSA) is 22.1 Å². The van der Waals surface area contributed by atoms with Gasteiger partial charge in [0.25, 0.3) is 6.43 Å². The minimum Gasteiger partial charge on any atom is -0.404 e. The molecule has 0 aliphatic rings. The molecule has 9 heteroatoms. The van der Waals surface area contributed by atoms with Crippen LogP contribution in [0.2, 0.25) is 0 Å². The van der Waals surface area contributed by atoms with E-state index in [2.05, 4.69) is 25.7 Å². The molecule has 0 saturated heterocycles. The molecule has 0 N–H and O–H groups in total. The number of nitrogens with zero attached hydrogens (tertiary/aromatic N) is 1. The van der Waals surface area contributed by atoms with Crippen LogP contribution in [0.3, 0.4) is 0 Å². The number of pyridine rings is 1. The second-order valence-corrected chi connectivity index (χ2v) is 4.39. The van der Waals surface area contributed by atoms with E-state index in [1.807, 2.05) is 0 Å². The van der Waals surface area contributed by atoms with E-state index in [0.717, 1.165) is 6.07 Å².